The van der Waals surface area contributed by atoms with Crippen LogP contribution in [0.3, 0.4) is 0 Å². The molecule has 2 rings (SSSR count). The van der Waals surface area contributed by atoms with Gasteiger partial charge >= 0.3 is 5.97 Å². The van der Waals surface area contributed by atoms with Crippen LogP contribution in [-0.4, -0.2) is 29.5 Å². The lowest BCUT2D eigenvalue weighted by Gasteiger charge is -2.27. The SMILES string of the molecule is CCCC(C)(NC(=O)CCCc1nc2ccccc2s1)C(=O)OC. The molecule has 0 aliphatic rings. The number of methoxy groups -OCH3 is 1. The highest BCUT2D eigenvalue weighted by molar-refractivity contribution is 7.18. The number of carbonyl (C=O) groups excluding carboxylic acids is 2. The van der Waals surface area contributed by atoms with Crippen LogP contribution in [0, 0.1) is 0 Å². The van der Waals surface area contributed by atoms with Crippen LogP contribution >= 0.6 is 11.3 Å². The molecule has 0 saturated carbocycles. The average molecular weight is 348 g/mol. The Kier molecular flexibility index (Phi) is 6.31. The molecule has 0 saturated heterocycles. The third-order valence-corrected chi connectivity index (χ3v) is 5.03. The van der Waals surface area contributed by atoms with Crippen molar-refractivity contribution >= 4 is 33.4 Å². The quantitative estimate of drug-likeness (QED) is 0.742. The van der Waals surface area contributed by atoms with Crippen LogP contribution in [0.5, 0.6) is 0 Å². The van der Waals surface area contributed by atoms with Crippen LogP contribution in [0.2, 0.25) is 0 Å². The number of aromatic nitrogens is 1. The van der Waals surface area contributed by atoms with Crippen LogP contribution in [0.25, 0.3) is 10.2 Å². The van der Waals surface area contributed by atoms with E-state index in [1.807, 2.05) is 25.1 Å². The van der Waals surface area contributed by atoms with E-state index in [9.17, 15) is 9.59 Å². The first kappa shape index (κ1) is 18.4. The Labute approximate surface area is 146 Å². The van der Waals surface area contributed by atoms with Gasteiger partial charge in [-0.15, -0.1) is 11.3 Å². The van der Waals surface area contributed by atoms with Gasteiger partial charge in [-0.05, 0) is 38.3 Å². The minimum Gasteiger partial charge on any atom is -0.467 e. The van der Waals surface area contributed by atoms with Gasteiger partial charge in [-0.25, -0.2) is 9.78 Å². The van der Waals surface area contributed by atoms with Crippen LogP contribution in [0.1, 0.15) is 44.5 Å². The lowest BCUT2D eigenvalue weighted by molar-refractivity contribution is -0.150. The van der Waals surface area contributed by atoms with Crippen molar-refractivity contribution in [2.24, 2.45) is 0 Å². The van der Waals surface area contributed by atoms with Crippen molar-refractivity contribution in [1.82, 2.24) is 10.3 Å². The number of benzene rings is 1. The Morgan fingerprint density at radius 3 is 2.75 bits per heavy atom. The van der Waals surface area contributed by atoms with Crippen molar-refractivity contribution in [3.05, 3.63) is 29.3 Å². The zero-order chi connectivity index (χ0) is 17.6. The first-order chi connectivity index (χ1) is 11.5. The fourth-order valence-electron chi connectivity index (χ4n) is 2.74. The minimum atomic E-state index is -0.948. The molecule has 1 amide bonds. The molecule has 24 heavy (non-hydrogen) atoms. The summed E-state index contributed by atoms with van der Waals surface area (Å²) in [6.45, 7) is 3.69. The number of para-hydroxylation sites is 1. The number of thiazole rings is 1. The van der Waals surface area contributed by atoms with Crippen LogP contribution in [0.4, 0.5) is 0 Å². The van der Waals surface area contributed by atoms with E-state index in [0.717, 1.165) is 28.1 Å². The first-order valence-corrected chi connectivity index (χ1v) is 9.04. The molecule has 0 aliphatic carbocycles. The molecule has 1 unspecified atom stereocenters. The molecule has 0 fully saturated rings. The number of nitrogens with zero attached hydrogens (tertiary/aromatic N) is 1. The minimum absolute atomic E-state index is 0.127. The Morgan fingerprint density at radius 1 is 1.33 bits per heavy atom. The van der Waals surface area contributed by atoms with E-state index < -0.39 is 11.5 Å². The van der Waals surface area contributed by atoms with E-state index >= 15 is 0 Å². The molecule has 0 aliphatic heterocycles. The summed E-state index contributed by atoms with van der Waals surface area (Å²) in [5.74, 6) is -0.527. The molecule has 1 atom stereocenters. The molecule has 6 heteroatoms. The molecule has 1 aromatic carbocycles. The molecule has 0 bridgehead atoms. The summed E-state index contributed by atoms with van der Waals surface area (Å²) in [5, 5.41) is 3.86. The van der Waals surface area contributed by atoms with Crippen molar-refractivity contribution in [1.29, 1.82) is 0 Å². The summed E-state index contributed by atoms with van der Waals surface area (Å²) >= 11 is 1.66. The Bertz CT molecular complexity index is 680. The maximum Gasteiger partial charge on any atom is 0.331 e. The first-order valence-electron chi connectivity index (χ1n) is 8.22. The summed E-state index contributed by atoms with van der Waals surface area (Å²) in [7, 11) is 1.34. The molecule has 1 N–H and O–H groups in total. The third kappa shape index (κ3) is 4.54. The maximum atomic E-state index is 12.2. The number of fused-ring (bicyclic) bond motifs is 1. The van der Waals surface area contributed by atoms with Gasteiger partial charge in [0.25, 0.3) is 0 Å². The van der Waals surface area contributed by atoms with Crippen molar-refractivity contribution in [2.75, 3.05) is 7.11 Å². The molecular formula is C18H24N2O3S. The van der Waals surface area contributed by atoms with E-state index in [4.69, 9.17) is 4.74 Å². The van der Waals surface area contributed by atoms with Crippen molar-refractivity contribution in [3.8, 4) is 0 Å². The van der Waals surface area contributed by atoms with Crippen molar-refractivity contribution < 1.29 is 14.3 Å². The Morgan fingerprint density at radius 2 is 2.08 bits per heavy atom. The predicted molar refractivity (Wildman–Crippen MR) is 96.0 cm³/mol. The number of ether oxygens (including phenoxy) is 1. The highest BCUT2D eigenvalue weighted by Gasteiger charge is 2.34. The van der Waals surface area contributed by atoms with Crippen molar-refractivity contribution in [3.63, 3.8) is 0 Å². The fourth-order valence-corrected chi connectivity index (χ4v) is 3.75. The highest BCUT2D eigenvalue weighted by atomic mass is 32.1. The van der Waals surface area contributed by atoms with E-state index in [2.05, 4.69) is 16.4 Å². The number of nitrogens with one attached hydrogen (secondary N) is 1. The lowest BCUT2D eigenvalue weighted by atomic mass is 9.96. The third-order valence-electron chi connectivity index (χ3n) is 3.93. The van der Waals surface area contributed by atoms with Gasteiger partial charge in [-0.2, -0.15) is 0 Å². The van der Waals surface area contributed by atoms with Gasteiger partial charge in [0.2, 0.25) is 5.91 Å². The number of esters is 1. The van der Waals surface area contributed by atoms with Gasteiger partial charge in [0.05, 0.1) is 22.3 Å². The number of hydrogen-bond donors (Lipinski definition) is 1. The summed E-state index contributed by atoms with van der Waals surface area (Å²) in [4.78, 5) is 28.7. The van der Waals surface area contributed by atoms with Crippen LogP contribution in [-0.2, 0) is 20.7 Å². The summed E-state index contributed by atoms with van der Waals surface area (Å²) in [6.07, 6.45) is 3.18. The molecule has 1 heterocycles. The number of hydrogen-bond acceptors (Lipinski definition) is 5. The zero-order valence-corrected chi connectivity index (χ0v) is 15.2. The molecule has 0 radical (unpaired) electrons. The van der Waals surface area contributed by atoms with Gasteiger partial charge in [0.15, 0.2) is 0 Å². The largest absolute Gasteiger partial charge is 0.467 e. The average Bonchev–Trinajstić information content (AvgIpc) is 2.96. The van der Waals surface area contributed by atoms with Gasteiger partial charge < -0.3 is 10.1 Å². The second kappa shape index (κ2) is 8.24. The normalized spacial score (nSPS) is 13.5. The smallest absolute Gasteiger partial charge is 0.331 e. The van der Waals surface area contributed by atoms with E-state index in [0.29, 0.717) is 19.3 Å². The number of rotatable bonds is 8. The topological polar surface area (TPSA) is 68.3 Å². The van der Waals surface area contributed by atoms with Crippen LogP contribution < -0.4 is 5.32 Å². The highest BCUT2D eigenvalue weighted by Crippen LogP contribution is 2.23. The van der Waals surface area contributed by atoms with E-state index in [1.165, 1.54) is 7.11 Å². The summed E-state index contributed by atoms with van der Waals surface area (Å²) in [6, 6.07) is 8.02. The lowest BCUT2D eigenvalue weighted by Crippen LogP contribution is -2.52. The standard InChI is InChI=1S/C18H24N2O3S/c1-4-12-18(2,17(22)23-3)20-15(21)10-7-11-16-19-13-8-5-6-9-14(13)24-16/h5-6,8-9H,4,7,10-12H2,1-3H3,(H,20,21). The molecule has 5 nitrogen and oxygen atoms in total. The van der Waals surface area contributed by atoms with Gasteiger partial charge in [-0.3, -0.25) is 4.79 Å². The summed E-state index contributed by atoms with van der Waals surface area (Å²) < 4.78 is 5.98. The van der Waals surface area contributed by atoms with Gasteiger partial charge in [0.1, 0.15) is 5.54 Å². The number of carbonyl (C=O) groups is 2. The monoisotopic (exact) mass is 348 g/mol. The van der Waals surface area contributed by atoms with E-state index in [-0.39, 0.29) is 5.91 Å². The van der Waals surface area contributed by atoms with Crippen molar-refractivity contribution in [2.45, 2.75) is 51.5 Å². The van der Waals surface area contributed by atoms with Crippen LogP contribution in [0.15, 0.2) is 24.3 Å². The molecule has 0 spiro atoms. The Hall–Kier alpha value is -1.95. The second-order valence-electron chi connectivity index (χ2n) is 6.05. The predicted octanol–water partition coefficient (Wildman–Crippen LogP) is 3.47. The molecule has 2 aromatic rings. The number of aryl methyl sites for hydroxylation is 1. The maximum absolute atomic E-state index is 12.2. The zero-order valence-electron chi connectivity index (χ0n) is 14.4. The molecule has 130 valence electrons. The van der Waals surface area contributed by atoms with Gasteiger partial charge in [0, 0.05) is 6.42 Å². The second-order valence-corrected chi connectivity index (χ2v) is 7.17. The Balaban J connectivity index is 1.86. The number of amides is 1. The fraction of sp³-hybridized carbons (Fsp3) is 0.500. The molecular weight excluding hydrogens is 324 g/mol. The molecule has 1 aromatic heterocycles. The van der Waals surface area contributed by atoms with Gasteiger partial charge in [-0.1, -0.05) is 25.5 Å². The van der Waals surface area contributed by atoms with E-state index in [1.54, 1.807) is 18.3 Å². The summed E-state index contributed by atoms with van der Waals surface area (Å²) in [5.41, 5.74) is 0.0550.